The number of nitrogens with two attached hydrogens (primary N) is 1. The molecule has 4 N–H and O–H groups in total. The second-order valence-electron chi connectivity index (χ2n) is 3.10. The van der Waals surface area contributed by atoms with Gasteiger partial charge in [0.25, 0.3) is 0 Å². The standard InChI is InChI=1S/C9H10BrN3O/c10-5-1-9-8(12-3-5)2-7(13-9)6(11)4-14/h1-3,6,13-14H,4,11H2. The van der Waals surface area contributed by atoms with E-state index in [4.69, 9.17) is 10.8 Å². The Morgan fingerprint density at radius 1 is 1.57 bits per heavy atom. The molecule has 0 bridgehead atoms. The van der Waals surface area contributed by atoms with E-state index >= 15 is 0 Å². The highest BCUT2D eigenvalue weighted by molar-refractivity contribution is 9.10. The fraction of sp³-hybridized carbons (Fsp3) is 0.222. The molecule has 4 nitrogen and oxygen atoms in total. The van der Waals surface area contributed by atoms with Gasteiger partial charge in [0, 0.05) is 16.4 Å². The maximum absolute atomic E-state index is 8.89. The molecule has 0 aliphatic carbocycles. The second kappa shape index (κ2) is 3.68. The molecule has 0 saturated carbocycles. The number of halogens is 1. The Balaban J connectivity index is 2.51. The Kier molecular flexibility index (Phi) is 2.54. The van der Waals surface area contributed by atoms with E-state index in [1.54, 1.807) is 6.20 Å². The predicted molar refractivity (Wildman–Crippen MR) is 57.8 cm³/mol. The number of H-pyrrole nitrogens is 1. The van der Waals surface area contributed by atoms with Crippen molar-refractivity contribution in [2.45, 2.75) is 6.04 Å². The summed E-state index contributed by atoms with van der Waals surface area (Å²) in [4.78, 5) is 7.31. The van der Waals surface area contributed by atoms with Crippen molar-refractivity contribution in [1.29, 1.82) is 0 Å². The number of rotatable bonds is 2. The van der Waals surface area contributed by atoms with Crippen molar-refractivity contribution in [1.82, 2.24) is 9.97 Å². The van der Waals surface area contributed by atoms with Crippen molar-refractivity contribution in [2.24, 2.45) is 5.73 Å². The van der Waals surface area contributed by atoms with Crippen LogP contribution in [0.25, 0.3) is 11.0 Å². The van der Waals surface area contributed by atoms with Crippen LogP contribution >= 0.6 is 15.9 Å². The van der Waals surface area contributed by atoms with Crippen molar-refractivity contribution in [3.05, 3.63) is 28.5 Å². The zero-order valence-electron chi connectivity index (χ0n) is 7.37. The van der Waals surface area contributed by atoms with Gasteiger partial charge in [-0.1, -0.05) is 0 Å². The quantitative estimate of drug-likeness (QED) is 0.758. The third-order valence-electron chi connectivity index (χ3n) is 2.05. The highest BCUT2D eigenvalue weighted by Crippen LogP contribution is 2.20. The zero-order valence-corrected chi connectivity index (χ0v) is 8.95. The summed E-state index contributed by atoms with van der Waals surface area (Å²) in [5, 5.41) is 8.89. The summed E-state index contributed by atoms with van der Waals surface area (Å²) in [6.45, 7) is -0.0754. The van der Waals surface area contributed by atoms with Crippen molar-refractivity contribution in [2.75, 3.05) is 6.61 Å². The second-order valence-corrected chi connectivity index (χ2v) is 4.02. The van der Waals surface area contributed by atoms with Gasteiger partial charge >= 0.3 is 0 Å². The van der Waals surface area contributed by atoms with Crippen LogP contribution < -0.4 is 5.73 Å². The van der Waals surface area contributed by atoms with Crippen LogP contribution in [0.4, 0.5) is 0 Å². The van der Waals surface area contributed by atoms with E-state index in [1.807, 2.05) is 12.1 Å². The van der Waals surface area contributed by atoms with E-state index in [0.717, 1.165) is 21.2 Å². The summed E-state index contributed by atoms with van der Waals surface area (Å²) in [5.41, 5.74) is 8.24. The van der Waals surface area contributed by atoms with E-state index < -0.39 is 0 Å². The predicted octanol–water partition coefficient (Wildman–Crippen LogP) is 1.32. The molecule has 0 aromatic carbocycles. The molecule has 14 heavy (non-hydrogen) atoms. The van der Waals surface area contributed by atoms with Crippen LogP contribution in [-0.4, -0.2) is 21.7 Å². The molecule has 2 heterocycles. The first-order valence-corrected chi connectivity index (χ1v) is 5.00. The van der Waals surface area contributed by atoms with Crippen molar-refractivity contribution in [3.8, 4) is 0 Å². The summed E-state index contributed by atoms with van der Waals surface area (Å²) >= 11 is 3.33. The van der Waals surface area contributed by atoms with Crippen molar-refractivity contribution >= 4 is 27.0 Å². The van der Waals surface area contributed by atoms with E-state index in [1.165, 1.54) is 0 Å². The average molecular weight is 256 g/mol. The Bertz CT molecular complexity index is 454. The van der Waals surface area contributed by atoms with Crippen LogP contribution in [0.5, 0.6) is 0 Å². The van der Waals surface area contributed by atoms with Crippen molar-refractivity contribution in [3.63, 3.8) is 0 Å². The number of hydrogen-bond acceptors (Lipinski definition) is 3. The van der Waals surface area contributed by atoms with Crippen LogP contribution in [0, 0.1) is 0 Å². The van der Waals surface area contributed by atoms with E-state index in [0.29, 0.717) is 0 Å². The molecule has 5 heteroatoms. The van der Waals surface area contributed by atoms with E-state index in [2.05, 4.69) is 25.9 Å². The Morgan fingerprint density at radius 2 is 2.36 bits per heavy atom. The maximum atomic E-state index is 8.89. The molecule has 0 spiro atoms. The minimum absolute atomic E-state index is 0.0754. The first-order valence-electron chi connectivity index (χ1n) is 4.21. The smallest absolute Gasteiger partial charge is 0.0883 e. The first kappa shape index (κ1) is 9.64. The number of aliphatic hydroxyl groups is 1. The molecule has 2 rings (SSSR count). The van der Waals surface area contributed by atoms with Gasteiger partial charge in [-0.2, -0.15) is 0 Å². The van der Waals surface area contributed by atoms with Gasteiger partial charge in [-0.15, -0.1) is 0 Å². The van der Waals surface area contributed by atoms with Gasteiger partial charge in [0.2, 0.25) is 0 Å². The van der Waals surface area contributed by atoms with Crippen LogP contribution in [-0.2, 0) is 0 Å². The number of pyridine rings is 1. The third kappa shape index (κ3) is 1.66. The van der Waals surface area contributed by atoms with E-state index in [-0.39, 0.29) is 12.6 Å². The monoisotopic (exact) mass is 255 g/mol. The molecule has 0 amide bonds. The molecule has 1 unspecified atom stereocenters. The van der Waals surface area contributed by atoms with Crippen LogP contribution in [0.15, 0.2) is 22.8 Å². The molecule has 0 saturated heterocycles. The highest BCUT2D eigenvalue weighted by atomic mass is 79.9. The number of aromatic amines is 1. The lowest BCUT2D eigenvalue weighted by Gasteiger charge is -2.03. The number of fused-ring (bicyclic) bond motifs is 1. The Morgan fingerprint density at radius 3 is 3.07 bits per heavy atom. The Labute approximate surface area is 89.3 Å². The molecule has 2 aromatic heterocycles. The lowest BCUT2D eigenvalue weighted by Crippen LogP contribution is -2.14. The molecule has 0 fully saturated rings. The number of hydrogen-bond donors (Lipinski definition) is 3. The molecule has 0 aliphatic rings. The highest BCUT2D eigenvalue weighted by Gasteiger charge is 2.08. The van der Waals surface area contributed by atoms with Gasteiger partial charge in [-0.3, -0.25) is 4.98 Å². The minimum Gasteiger partial charge on any atom is -0.394 e. The molecule has 1 atom stereocenters. The third-order valence-corrected chi connectivity index (χ3v) is 2.49. The first-order chi connectivity index (χ1) is 6.70. The maximum Gasteiger partial charge on any atom is 0.0883 e. The lowest BCUT2D eigenvalue weighted by molar-refractivity contribution is 0.266. The summed E-state index contributed by atoms with van der Waals surface area (Å²) in [5.74, 6) is 0. The van der Waals surface area contributed by atoms with Crippen molar-refractivity contribution < 1.29 is 5.11 Å². The lowest BCUT2D eigenvalue weighted by atomic mass is 10.2. The fourth-order valence-electron chi connectivity index (χ4n) is 1.30. The largest absolute Gasteiger partial charge is 0.394 e. The molecule has 0 radical (unpaired) electrons. The van der Waals surface area contributed by atoms with Gasteiger partial charge in [0.1, 0.15) is 0 Å². The Hall–Kier alpha value is -0.910. The average Bonchev–Trinajstić information content (AvgIpc) is 2.59. The van der Waals surface area contributed by atoms with Crippen LogP contribution in [0.3, 0.4) is 0 Å². The fourth-order valence-corrected chi connectivity index (χ4v) is 1.63. The SMILES string of the molecule is NC(CO)c1cc2ncc(Br)cc2[nH]1. The van der Waals surface area contributed by atoms with Gasteiger partial charge in [-0.25, -0.2) is 0 Å². The topological polar surface area (TPSA) is 74.9 Å². The van der Waals surface area contributed by atoms with Gasteiger partial charge < -0.3 is 15.8 Å². The molecular weight excluding hydrogens is 246 g/mol. The number of nitrogens with zero attached hydrogens (tertiary/aromatic N) is 1. The van der Waals surface area contributed by atoms with Crippen LogP contribution in [0.1, 0.15) is 11.7 Å². The molecule has 0 aliphatic heterocycles. The van der Waals surface area contributed by atoms with Crippen LogP contribution in [0.2, 0.25) is 0 Å². The number of nitrogens with one attached hydrogen (secondary N) is 1. The summed E-state index contributed by atoms with van der Waals surface area (Å²) in [6.07, 6.45) is 1.73. The van der Waals surface area contributed by atoms with E-state index in [9.17, 15) is 0 Å². The van der Waals surface area contributed by atoms with Gasteiger partial charge in [0.05, 0.1) is 23.7 Å². The summed E-state index contributed by atoms with van der Waals surface area (Å²) < 4.78 is 0.913. The normalized spacial score (nSPS) is 13.4. The molecular formula is C9H10BrN3O. The summed E-state index contributed by atoms with van der Waals surface area (Å²) in [6, 6.07) is 3.40. The molecule has 74 valence electrons. The zero-order chi connectivity index (χ0) is 10.1. The number of aliphatic hydroxyl groups excluding tert-OH is 1. The van der Waals surface area contributed by atoms with Gasteiger partial charge in [-0.05, 0) is 28.1 Å². The molecule has 2 aromatic rings. The number of aromatic nitrogens is 2. The van der Waals surface area contributed by atoms with Gasteiger partial charge in [0.15, 0.2) is 0 Å². The minimum atomic E-state index is -0.372. The summed E-state index contributed by atoms with van der Waals surface area (Å²) in [7, 11) is 0.